The Hall–Kier alpha value is -3.21. The lowest BCUT2D eigenvalue weighted by atomic mass is 9.57. The van der Waals surface area contributed by atoms with Crippen molar-refractivity contribution >= 4 is 17.5 Å². The molecule has 2 saturated carbocycles. The number of aromatic hydroxyl groups is 1. The zero-order valence-electron chi connectivity index (χ0n) is 25.0. The van der Waals surface area contributed by atoms with Gasteiger partial charge in [0.25, 0.3) is 5.91 Å². The van der Waals surface area contributed by atoms with Crippen molar-refractivity contribution in [1.82, 2.24) is 4.90 Å². The molecule has 0 radical (unpaired) electrons. The maximum atomic E-state index is 14.1. The number of benzene rings is 1. The second-order valence-electron chi connectivity index (χ2n) is 13.9. The molecule has 3 fully saturated rings. The number of primary amides is 1. The van der Waals surface area contributed by atoms with E-state index in [2.05, 4.69) is 4.90 Å². The molecule has 1 aromatic carbocycles. The van der Waals surface area contributed by atoms with Gasteiger partial charge in [-0.15, -0.1) is 0 Å². The molecule has 5 aliphatic carbocycles. The number of phenolic OH excluding ortho intramolecular Hbond substituents is 1. The van der Waals surface area contributed by atoms with E-state index in [0.29, 0.717) is 24.2 Å². The monoisotopic (exact) mass is 606 g/mol. The van der Waals surface area contributed by atoms with Crippen molar-refractivity contribution in [2.75, 3.05) is 32.8 Å². The molecular formula is C34H42N2O8. The molecule has 1 aliphatic heterocycles. The van der Waals surface area contributed by atoms with Crippen LogP contribution in [0.4, 0.5) is 0 Å². The first-order valence-corrected chi connectivity index (χ1v) is 16.2. The first-order chi connectivity index (χ1) is 21.1. The summed E-state index contributed by atoms with van der Waals surface area (Å²) in [6.07, 6.45) is 7.16. The summed E-state index contributed by atoms with van der Waals surface area (Å²) in [5.74, 6) is -3.99. The fourth-order valence-corrected chi connectivity index (χ4v) is 9.81. The maximum absolute atomic E-state index is 14.1. The van der Waals surface area contributed by atoms with Crippen LogP contribution >= 0.6 is 0 Å². The van der Waals surface area contributed by atoms with E-state index in [9.17, 15) is 34.8 Å². The number of carbonyl (C=O) groups excluding carboxylic acids is 3. The summed E-state index contributed by atoms with van der Waals surface area (Å²) >= 11 is 0. The second kappa shape index (κ2) is 11.0. The number of phenols is 1. The molecule has 0 bridgehead atoms. The molecule has 10 heteroatoms. The second-order valence-corrected chi connectivity index (χ2v) is 13.9. The summed E-state index contributed by atoms with van der Waals surface area (Å²) in [5.41, 5.74) is 3.92. The van der Waals surface area contributed by atoms with Gasteiger partial charge in [0.1, 0.15) is 22.8 Å². The number of carbonyl (C=O) groups is 3. The molecule has 7 rings (SSSR count). The van der Waals surface area contributed by atoms with E-state index in [1.165, 1.54) is 19.3 Å². The van der Waals surface area contributed by atoms with Crippen molar-refractivity contribution < 1.29 is 39.5 Å². The Morgan fingerprint density at radius 3 is 2.45 bits per heavy atom. The molecule has 10 nitrogen and oxygen atoms in total. The standard InChI is InChI=1S/C34H42N2O8/c35-33(42)29-26(38)15-19-13-18-14-24-23(7-8-25(37)28(24)30(39)27(18)31(40)34(19,43)32(29)41)22-6-5-17(16-36-9-11-44-12-10-36)20-3-1-2-4-21(20)22/h7-8,17-22,37-38,40,43H,1-6,9-16H2,(H2,35,42)/t17?,18-,19+,20?,21?,22?,34+/m1/s1. The van der Waals surface area contributed by atoms with Crippen molar-refractivity contribution in [1.29, 1.82) is 0 Å². The maximum Gasteiger partial charge on any atom is 0.255 e. The van der Waals surface area contributed by atoms with Crippen molar-refractivity contribution in [3.63, 3.8) is 0 Å². The van der Waals surface area contributed by atoms with Crippen LogP contribution in [0.5, 0.6) is 5.75 Å². The topological polar surface area (TPSA) is 171 Å². The van der Waals surface area contributed by atoms with Crippen LogP contribution in [0.15, 0.2) is 34.8 Å². The molecule has 236 valence electrons. The van der Waals surface area contributed by atoms with Gasteiger partial charge in [-0.2, -0.15) is 0 Å². The van der Waals surface area contributed by atoms with Crippen LogP contribution in [0.25, 0.3) is 0 Å². The Balaban J connectivity index is 1.24. The third-order valence-electron chi connectivity index (χ3n) is 11.8. The van der Waals surface area contributed by atoms with Gasteiger partial charge in [0.15, 0.2) is 11.4 Å². The van der Waals surface area contributed by atoms with Gasteiger partial charge < -0.3 is 30.9 Å². The molecule has 1 heterocycles. The lowest BCUT2D eigenvalue weighted by molar-refractivity contribution is -0.144. The molecule has 7 atom stereocenters. The minimum absolute atomic E-state index is 0.105. The molecular weight excluding hydrogens is 564 g/mol. The van der Waals surface area contributed by atoms with Gasteiger partial charge in [0.05, 0.1) is 18.8 Å². The molecule has 1 saturated heterocycles. The molecule has 0 spiro atoms. The van der Waals surface area contributed by atoms with Gasteiger partial charge in [-0.1, -0.05) is 18.9 Å². The molecule has 1 aromatic rings. The number of allylic oxidation sites excluding steroid dienone is 2. The Labute approximate surface area is 256 Å². The summed E-state index contributed by atoms with van der Waals surface area (Å²) in [5, 5.41) is 44.4. The number of morpholine rings is 1. The summed E-state index contributed by atoms with van der Waals surface area (Å²) < 4.78 is 5.57. The van der Waals surface area contributed by atoms with Crippen molar-refractivity contribution in [2.45, 2.75) is 69.3 Å². The zero-order valence-corrected chi connectivity index (χ0v) is 25.0. The lowest BCUT2D eigenvalue weighted by Crippen LogP contribution is -2.57. The summed E-state index contributed by atoms with van der Waals surface area (Å²) in [7, 11) is 0. The van der Waals surface area contributed by atoms with Gasteiger partial charge in [-0.25, -0.2) is 0 Å². The molecule has 4 unspecified atom stereocenters. The summed E-state index contributed by atoms with van der Waals surface area (Å²) in [6.45, 7) is 4.64. The van der Waals surface area contributed by atoms with Crippen molar-refractivity contribution in [2.24, 2.45) is 35.3 Å². The zero-order chi connectivity index (χ0) is 30.9. The van der Waals surface area contributed by atoms with E-state index in [1.807, 2.05) is 6.07 Å². The molecule has 1 amide bonds. The highest BCUT2D eigenvalue weighted by Gasteiger charge is 2.60. The fourth-order valence-electron chi connectivity index (χ4n) is 9.81. The van der Waals surface area contributed by atoms with Crippen LogP contribution in [0.2, 0.25) is 0 Å². The van der Waals surface area contributed by atoms with E-state index in [4.69, 9.17) is 10.5 Å². The summed E-state index contributed by atoms with van der Waals surface area (Å²) in [4.78, 5) is 41.8. The number of hydrogen-bond donors (Lipinski definition) is 5. The number of Topliss-reactive ketones (excluding diaryl/α,β-unsaturated/α-hetero) is 2. The third kappa shape index (κ3) is 4.43. The highest BCUT2D eigenvalue weighted by Crippen LogP contribution is 2.55. The van der Waals surface area contributed by atoms with Crippen LogP contribution in [0.1, 0.15) is 78.8 Å². The van der Waals surface area contributed by atoms with Crippen LogP contribution in [-0.2, 0) is 20.7 Å². The average Bonchev–Trinajstić information content (AvgIpc) is 3.00. The predicted octanol–water partition coefficient (Wildman–Crippen LogP) is 3.21. The fraction of sp³-hybridized carbons (Fsp3) is 0.618. The molecule has 44 heavy (non-hydrogen) atoms. The highest BCUT2D eigenvalue weighted by molar-refractivity contribution is 6.24. The Morgan fingerprint density at radius 2 is 1.73 bits per heavy atom. The quantitative estimate of drug-likeness (QED) is 0.323. The highest BCUT2D eigenvalue weighted by atomic mass is 16.5. The number of fused-ring (bicyclic) bond motifs is 4. The molecule has 6 aliphatic rings. The van der Waals surface area contributed by atoms with E-state index < -0.39 is 52.0 Å². The van der Waals surface area contributed by atoms with Crippen molar-refractivity contribution in [3.05, 3.63) is 51.5 Å². The number of nitrogens with zero attached hydrogens (tertiary/aromatic N) is 1. The van der Waals surface area contributed by atoms with Crippen LogP contribution in [0.3, 0.4) is 0 Å². The lowest BCUT2D eigenvalue weighted by Gasteiger charge is -2.49. The number of hydrogen-bond acceptors (Lipinski definition) is 9. The first kappa shape index (κ1) is 29.5. The number of rotatable bonds is 4. The smallest absolute Gasteiger partial charge is 0.255 e. The normalized spacial score (nSPS) is 35.9. The van der Waals surface area contributed by atoms with Gasteiger partial charge in [-0.3, -0.25) is 19.3 Å². The number of amides is 1. The van der Waals surface area contributed by atoms with E-state index in [-0.39, 0.29) is 35.6 Å². The van der Waals surface area contributed by atoms with Gasteiger partial charge in [0.2, 0.25) is 5.78 Å². The number of aliphatic hydroxyl groups excluding tert-OH is 2. The Bertz CT molecular complexity index is 1480. The van der Waals surface area contributed by atoms with Crippen LogP contribution in [-0.4, -0.2) is 81.2 Å². The van der Waals surface area contributed by atoms with E-state index in [0.717, 1.165) is 63.2 Å². The average molecular weight is 607 g/mol. The number of ether oxygens (including phenoxy) is 1. The number of aliphatic hydroxyl groups is 3. The molecule has 0 aromatic heterocycles. The van der Waals surface area contributed by atoms with Gasteiger partial charge in [0, 0.05) is 37.5 Å². The Kier molecular flexibility index (Phi) is 7.37. The molecule has 6 N–H and O–H groups in total. The Morgan fingerprint density at radius 1 is 1.00 bits per heavy atom. The minimum atomic E-state index is -2.54. The number of ketones is 2. The van der Waals surface area contributed by atoms with E-state index in [1.54, 1.807) is 6.07 Å². The van der Waals surface area contributed by atoms with Crippen LogP contribution < -0.4 is 5.73 Å². The summed E-state index contributed by atoms with van der Waals surface area (Å²) in [6, 6.07) is 3.55. The first-order valence-electron chi connectivity index (χ1n) is 16.2. The third-order valence-corrected chi connectivity index (χ3v) is 11.8. The number of nitrogens with two attached hydrogens (primary N) is 1. The van der Waals surface area contributed by atoms with Gasteiger partial charge >= 0.3 is 0 Å². The largest absolute Gasteiger partial charge is 0.511 e. The van der Waals surface area contributed by atoms with E-state index >= 15 is 0 Å². The predicted molar refractivity (Wildman–Crippen MR) is 159 cm³/mol. The van der Waals surface area contributed by atoms with Crippen LogP contribution in [0, 0.1) is 29.6 Å². The van der Waals surface area contributed by atoms with Crippen molar-refractivity contribution in [3.8, 4) is 5.75 Å². The van der Waals surface area contributed by atoms with Gasteiger partial charge in [-0.05, 0) is 85.3 Å². The SMILES string of the molecule is NC(=O)C1=C(O)C[C@@H]2C[C@@H]3Cc4c(C5CCC(CN6CCOCC6)C6CCCCC56)ccc(O)c4C(=O)C3=C(O)[C@]2(O)C1=O. The minimum Gasteiger partial charge on any atom is -0.511 e.